The number of halogens is 5. The number of carbonyl (C=O) groups is 2. The van der Waals surface area contributed by atoms with Crippen molar-refractivity contribution < 1.29 is 52.9 Å². The molecule has 0 bridgehead atoms. The Balaban J connectivity index is 0.000000190. The molecule has 1 amide bonds. The van der Waals surface area contributed by atoms with E-state index in [4.69, 9.17) is 23.2 Å². The molecule has 123 heavy (non-hydrogen) atoms. The van der Waals surface area contributed by atoms with E-state index in [1.54, 1.807) is 36.5 Å². The van der Waals surface area contributed by atoms with Gasteiger partial charge in [0.25, 0.3) is 21.4 Å². The molecule has 0 aromatic heterocycles. The number of piperidine rings is 1. The zero-order valence-corrected chi connectivity index (χ0v) is 76.1. The number of Topliss-reactive ketones (excluding diaryl/α,β-unsaturated/α-hetero) is 1. The van der Waals surface area contributed by atoms with Crippen LogP contribution < -0.4 is 20.4 Å². The Hall–Kier alpha value is -8.58. The first-order valence-corrected chi connectivity index (χ1v) is 49.3. The number of rotatable bonds is 32. The second-order valence-electron chi connectivity index (χ2n) is 32.8. The fraction of sp³-hybridized carbons (Fsp3) is 0.383. The standard InChI is InChI=1S/C44H47ClN4O5S2.C27H34ClN3O.C23H29F3N2O4S3/c1-46(2)23-22-33(31-55-40-9-4-3-5-10-40)28-36-16-21-41(29-43(36)49(51)52)56(53,54)32-44(50)35-14-19-39(20-15-35)48-26-24-47(25-27-48)30-37-8-6-7-11-42(37)34-12-17-38(45)18-13-34;1-27(2)13-12-25(20-4-8-23(28)9-5-20)22(18-27)19-30-14-16-31(17-15-30)24-10-6-21(7-11-24)26(32)29-3;1-34(29,30)20-10-11-21(22(16-20)35(31,32)23(24,25)26)27-18(12-15-28-13-6-3-7-14-28)17-33-19-8-4-2-5-9-19/h3-21,29,33H,22-28,30-32H2,1-2H3;4-11H,12-19H2,1-3H3,(H,29,32);2,4-5,8-11,16,18,27H,3,6-7,12-15,17H2,1H3/t;;18-/m..1/s1. The molecule has 3 fully saturated rings. The molecule has 13 rings (SSSR count). The predicted octanol–water partition coefficient (Wildman–Crippen LogP) is 19.1. The van der Waals surface area contributed by atoms with Crippen LogP contribution in [0.2, 0.25) is 10.0 Å². The molecule has 3 heterocycles. The van der Waals surface area contributed by atoms with Gasteiger partial charge in [-0.1, -0.05) is 140 Å². The molecule has 9 aromatic carbocycles. The number of alkyl halides is 3. The number of amides is 1. The van der Waals surface area contributed by atoms with Gasteiger partial charge < -0.3 is 30.2 Å². The first-order valence-electron chi connectivity index (χ1n) is 41.5. The third-order valence-electron chi connectivity index (χ3n) is 22.8. The van der Waals surface area contributed by atoms with Crippen molar-refractivity contribution in [2.24, 2.45) is 11.3 Å². The van der Waals surface area contributed by atoms with Crippen LogP contribution in [0.5, 0.6) is 0 Å². The van der Waals surface area contributed by atoms with Gasteiger partial charge in [0.15, 0.2) is 25.5 Å². The van der Waals surface area contributed by atoms with Gasteiger partial charge in [0.1, 0.15) is 10.6 Å². The number of nitro benzene ring substituents is 1. The molecule has 29 heteroatoms. The second kappa shape index (κ2) is 44.0. The normalized spacial score (nSPS) is 16.2. The summed E-state index contributed by atoms with van der Waals surface area (Å²) in [6, 6.07) is 65.7. The molecular weight excluding hydrogens is 1700 g/mol. The highest BCUT2D eigenvalue weighted by atomic mass is 35.5. The lowest BCUT2D eigenvalue weighted by Crippen LogP contribution is -2.47. The topological polar surface area (TPSA) is 223 Å². The number of allylic oxidation sites excluding steroid dienone is 1. The lowest BCUT2D eigenvalue weighted by atomic mass is 9.73. The van der Waals surface area contributed by atoms with Crippen LogP contribution >= 0.6 is 46.7 Å². The van der Waals surface area contributed by atoms with Crippen LogP contribution in [0.25, 0.3) is 16.7 Å². The van der Waals surface area contributed by atoms with Crippen molar-refractivity contribution >= 4 is 116 Å². The minimum Gasteiger partial charge on any atom is -0.380 e. The number of anilines is 3. The van der Waals surface area contributed by atoms with Crippen LogP contribution in [0.15, 0.2) is 248 Å². The largest absolute Gasteiger partial charge is 0.501 e. The number of hydrogen-bond donors (Lipinski definition) is 2. The fourth-order valence-electron chi connectivity index (χ4n) is 15.8. The van der Waals surface area contributed by atoms with Gasteiger partial charge in [-0.25, -0.2) is 25.3 Å². The molecule has 0 spiro atoms. The summed E-state index contributed by atoms with van der Waals surface area (Å²) in [7, 11) is -8.20. The molecule has 0 saturated carbocycles. The summed E-state index contributed by atoms with van der Waals surface area (Å²) in [5.41, 5.74) is 5.93. The van der Waals surface area contributed by atoms with E-state index in [2.05, 4.69) is 102 Å². The number of carbonyl (C=O) groups excluding carboxylic acids is 2. The van der Waals surface area contributed by atoms with Crippen molar-refractivity contribution in [2.75, 3.05) is 145 Å². The average molecular weight is 1810 g/mol. The Labute approximate surface area is 742 Å². The number of sulfone groups is 3. The van der Waals surface area contributed by atoms with Gasteiger partial charge in [-0.15, -0.1) is 23.5 Å². The van der Waals surface area contributed by atoms with Crippen LogP contribution in [0.3, 0.4) is 0 Å². The number of nitro groups is 1. The highest BCUT2D eigenvalue weighted by Crippen LogP contribution is 2.44. The Morgan fingerprint density at radius 2 is 1.13 bits per heavy atom. The molecule has 1 unspecified atom stereocenters. The Bertz CT molecular complexity index is 5410. The van der Waals surface area contributed by atoms with Crippen molar-refractivity contribution in [1.29, 1.82) is 0 Å². The number of thioether (sulfide) groups is 2. The molecule has 656 valence electrons. The van der Waals surface area contributed by atoms with Gasteiger partial charge in [0, 0.05) is 157 Å². The lowest BCUT2D eigenvalue weighted by Gasteiger charge is -2.39. The number of ketones is 1. The summed E-state index contributed by atoms with van der Waals surface area (Å²) in [6.45, 7) is 17.6. The van der Waals surface area contributed by atoms with Gasteiger partial charge in [-0.3, -0.25) is 29.5 Å². The first kappa shape index (κ1) is 95.1. The van der Waals surface area contributed by atoms with Crippen LogP contribution in [-0.2, 0) is 42.5 Å². The van der Waals surface area contributed by atoms with Gasteiger partial charge >= 0.3 is 5.51 Å². The maximum Gasteiger partial charge on any atom is 0.501 e. The maximum absolute atomic E-state index is 13.5. The SMILES string of the molecule is CN(C)CCC(CSc1ccccc1)Cc1ccc(S(=O)(=O)CC(=O)c2ccc(N3CCN(Cc4ccccc4-c4ccc(Cl)cc4)CC3)cc2)cc1[N+](=O)[O-].CNC(=O)c1ccc(N2CCN(CC3=C(c4ccc(Cl)cc4)CCC(C)(C)C3)CC2)cc1.CS(=O)(=O)c1ccc(N[C@H](CCN2CCCCC2)CSc2ccccc2)c(S(=O)(=O)C(F)(F)F)c1. The van der Waals surface area contributed by atoms with Crippen molar-refractivity contribution in [3.63, 3.8) is 0 Å². The van der Waals surface area contributed by atoms with E-state index in [1.807, 2.05) is 135 Å². The Morgan fingerprint density at radius 1 is 0.593 bits per heavy atom. The molecule has 1 aliphatic carbocycles. The minimum atomic E-state index is -5.78. The summed E-state index contributed by atoms with van der Waals surface area (Å²) in [6.07, 6.45) is 9.55. The van der Waals surface area contributed by atoms with E-state index in [-0.39, 0.29) is 39.7 Å². The van der Waals surface area contributed by atoms with E-state index in [0.717, 1.165) is 180 Å². The van der Waals surface area contributed by atoms with E-state index >= 15 is 0 Å². The third-order valence-corrected chi connectivity index (χ3v) is 30.0. The Kier molecular flexibility index (Phi) is 34.0. The van der Waals surface area contributed by atoms with Crippen molar-refractivity contribution in [3.05, 3.63) is 272 Å². The number of likely N-dealkylation sites (tertiary alicyclic amines) is 1. The summed E-state index contributed by atoms with van der Waals surface area (Å²) >= 11 is 15.5. The average Bonchev–Trinajstić information content (AvgIpc) is 0.762. The van der Waals surface area contributed by atoms with Gasteiger partial charge in [0.05, 0.1) is 20.4 Å². The molecule has 2 atom stereocenters. The van der Waals surface area contributed by atoms with E-state index in [0.29, 0.717) is 46.2 Å². The van der Waals surface area contributed by atoms with Crippen molar-refractivity contribution in [1.82, 2.24) is 24.9 Å². The summed E-state index contributed by atoms with van der Waals surface area (Å²) < 4.78 is 116. The number of hydrogen-bond acceptors (Lipinski definition) is 19. The highest BCUT2D eigenvalue weighted by molar-refractivity contribution is 7.99. The van der Waals surface area contributed by atoms with E-state index in [9.17, 15) is 58.1 Å². The summed E-state index contributed by atoms with van der Waals surface area (Å²) in [5, 5.41) is 19.4. The highest BCUT2D eigenvalue weighted by Gasteiger charge is 2.48. The zero-order valence-electron chi connectivity index (χ0n) is 70.5. The molecule has 2 N–H and O–H groups in total. The third kappa shape index (κ3) is 27.7. The van der Waals surface area contributed by atoms with E-state index < -0.39 is 61.3 Å². The molecule has 4 aliphatic rings. The summed E-state index contributed by atoms with van der Waals surface area (Å²) in [5.74, 6) is -0.00877. The van der Waals surface area contributed by atoms with Gasteiger partial charge in [-0.2, -0.15) is 13.2 Å². The predicted molar refractivity (Wildman–Crippen MR) is 495 cm³/mol. The summed E-state index contributed by atoms with van der Waals surface area (Å²) in [4.78, 5) is 51.2. The van der Waals surface area contributed by atoms with Crippen molar-refractivity contribution in [3.8, 4) is 11.1 Å². The van der Waals surface area contributed by atoms with Gasteiger partial charge in [0.2, 0.25) is 0 Å². The molecule has 3 saturated heterocycles. The smallest absolute Gasteiger partial charge is 0.380 e. The molecule has 0 radical (unpaired) electrons. The first-order chi connectivity index (χ1) is 58.7. The van der Waals surface area contributed by atoms with Crippen molar-refractivity contribution in [2.45, 2.75) is 114 Å². The minimum absolute atomic E-state index is 0.0402. The number of nitrogens with one attached hydrogen (secondary N) is 2. The van der Waals surface area contributed by atoms with Crippen LogP contribution in [0.1, 0.15) is 103 Å². The van der Waals surface area contributed by atoms with E-state index in [1.165, 1.54) is 64.7 Å². The van der Waals surface area contributed by atoms with Gasteiger partial charge in [-0.05, 0) is 246 Å². The van der Waals surface area contributed by atoms with Crippen LogP contribution in [0.4, 0.5) is 35.9 Å². The van der Waals surface area contributed by atoms with Crippen LogP contribution in [-0.4, -0.2) is 203 Å². The quantitative estimate of drug-likeness (QED) is 0.0173. The molecule has 19 nitrogen and oxygen atoms in total. The zero-order chi connectivity index (χ0) is 88.1. The van der Waals surface area contributed by atoms with Crippen LogP contribution in [0, 0.1) is 21.4 Å². The lowest BCUT2D eigenvalue weighted by molar-refractivity contribution is -0.385. The molecule has 9 aromatic rings. The molecular formula is C94H110Cl2F3N9O10S5. The number of nitrogens with zero attached hydrogens (tertiary/aromatic N) is 7. The monoisotopic (exact) mass is 1810 g/mol. The Morgan fingerprint density at radius 3 is 1.68 bits per heavy atom. The second-order valence-corrected chi connectivity index (χ2v) is 41.8. The fourth-order valence-corrected chi connectivity index (χ4v) is 21.0. The number of benzene rings is 9. The molecule has 3 aliphatic heterocycles. The maximum atomic E-state index is 13.5. The number of piperazine rings is 2.